The molecule has 2 aliphatic heterocycles. The van der Waals surface area contributed by atoms with Crippen LogP contribution in [0.15, 0.2) is 0 Å². The van der Waals surface area contributed by atoms with Gasteiger partial charge in [-0.1, -0.05) is 0 Å². The zero-order chi connectivity index (χ0) is 11.4. The third kappa shape index (κ3) is 1.47. The molecule has 2 saturated heterocycles. The highest BCUT2D eigenvalue weighted by molar-refractivity contribution is 8.00. The van der Waals surface area contributed by atoms with Gasteiger partial charge >= 0.3 is 0 Å². The maximum atomic E-state index is 13.3. The van der Waals surface area contributed by atoms with Crippen LogP contribution in [0.1, 0.15) is 19.3 Å². The fraction of sp³-hybridized carbons (Fsp3) is 0.909. The Hall–Kier alpha value is -0.320. The number of carbonyl (C=O) groups excluding carboxylic acids is 1. The van der Waals surface area contributed by atoms with Crippen LogP contribution in [-0.4, -0.2) is 41.3 Å². The van der Waals surface area contributed by atoms with E-state index in [9.17, 15) is 13.6 Å². The van der Waals surface area contributed by atoms with Gasteiger partial charge in [0.1, 0.15) is 0 Å². The lowest BCUT2D eigenvalue weighted by atomic mass is 9.93. The first-order valence-electron chi connectivity index (χ1n) is 5.78. The van der Waals surface area contributed by atoms with Crippen LogP contribution in [0.4, 0.5) is 8.78 Å². The van der Waals surface area contributed by atoms with Crippen molar-refractivity contribution in [2.24, 2.45) is 11.3 Å². The van der Waals surface area contributed by atoms with E-state index in [-0.39, 0.29) is 18.2 Å². The molecule has 3 rings (SSSR count). The van der Waals surface area contributed by atoms with Crippen LogP contribution in [0.3, 0.4) is 0 Å². The summed E-state index contributed by atoms with van der Waals surface area (Å²) in [6.45, 7) is 0.970. The van der Waals surface area contributed by atoms with Crippen molar-refractivity contribution in [1.82, 2.24) is 4.90 Å². The summed E-state index contributed by atoms with van der Waals surface area (Å²) >= 11 is 1.76. The van der Waals surface area contributed by atoms with Crippen LogP contribution in [0.25, 0.3) is 0 Å². The van der Waals surface area contributed by atoms with Crippen molar-refractivity contribution in [3.8, 4) is 0 Å². The second-order valence-corrected chi connectivity index (χ2v) is 6.33. The first kappa shape index (κ1) is 10.8. The Bertz CT molecular complexity index is 332. The molecule has 3 aliphatic rings. The van der Waals surface area contributed by atoms with Gasteiger partial charge in [0.2, 0.25) is 5.91 Å². The molecule has 16 heavy (non-hydrogen) atoms. The number of amides is 1. The Morgan fingerprint density at radius 3 is 2.56 bits per heavy atom. The van der Waals surface area contributed by atoms with Crippen LogP contribution in [0.5, 0.6) is 0 Å². The molecule has 90 valence electrons. The largest absolute Gasteiger partial charge is 0.342 e. The molecule has 1 spiro atoms. The smallest absolute Gasteiger partial charge is 0.256 e. The summed E-state index contributed by atoms with van der Waals surface area (Å²) in [5.74, 6) is -0.550. The topological polar surface area (TPSA) is 20.3 Å². The summed E-state index contributed by atoms with van der Waals surface area (Å²) in [6.07, 6.45) is 1.31. The number of piperidine rings is 1. The Kier molecular flexibility index (Phi) is 2.26. The number of halogens is 2. The first-order valence-corrected chi connectivity index (χ1v) is 6.94. The van der Waals surface area contributed by atoms with Crippen LogP contribution >= 0.6 is 11.8 Å². The van der Waals surface area contributed by atoms with E-state index >= 15 is 0 Å². The van der Waals surface area contributed by atoms with E-state index in [1.807, 2.05) is 0 Å². The number of alkyl halides is 2. The molecule has 0 aromatic heterocycles. The standard InChI is InChI=1S/C11H15F2NOS/c12-11(13)6-10(11)2-1-3-14(7-10)9(15)8-4-16-5-8/h8H,1-7H2. The lowest BCUT2D eigenvalue weighted by molar-refractivity contribution is -0.137. The van der Waals surface area contributed by atoms with E-state index in [0.29, 0.717) is 19.5 Å². The number of likely N-dealkylation sites (tertiary alicyclic amines) is 1. The molecular formula is C11H15F2NOS. The van der Waals surface area contributed by atoms with Gasteiger partial charge in [-0.2, -0.15) is 11.8 Å². The van der Waals surface area contributed by atoms with Gasteiger partial charge in [-0.3, -0.25) is 4.79 Å². The molecule has 5 heteroatoms. The van der Waals surface area contributed by atoms with Gasteiger partial charge in [-0.05, 0) is 12.8 Å². The summed E-state index contributed by atoms with van der Waals surface area (Å²) in [4.78, 5) is 13.7. The van der Waals surface area contributed by atoms with Gasteiger partial charge in [0.15, 0.2) is 0 Å². The van der Waals surface area contributed by atoms with Crippen LogP contribution in [0.2, 0.25) is 0 Å². The van der Waals surface area contributed by atoms with E-state index in [1.165, 1.54) is 0 Å². The van der Waals surface area contributed by atoms with E-state index in [2.05, 4.69) is 0 Å². The molecule has 1 unspecified atom stereocenters. The zero-order valence-electron chi connectivity index (χ0n) is 9.05. The number of nitrogens with zero attached hydrogens (tertiary/aromatic N) is 1. The molecule has 0 bridgehead atoms. The summed E-state index contributed by atoms with van der Waals surface area (Å²) in [5.41, 5.74) is -0.849. The van der Waals surface area contributed by atoms with Gasteiger partial charge in [0, 0.05) is 31.0 Å². The lowest BCUT2D eigenvalue weighted by Crippen LogP contribution is -2.48. The normalized spacial score (nSPS) is 37.2. The van der Waals surface area contributed by atoms with E-state index in [0.717, 1.165) is 17.9 Å². The van der Waals surface area contributed by atoms with Crippen molar-refractivity contribution >= 4 is 17.7 Å². The van der Waals surface area contributed by atoms with Crippen molar-refractivity contribution in [2.45, 2.75) is 25.2 Å². The maximum Gasteiger partial charge on any atom is 0.256 e. The first-order chi connectivity index (χ1) is 7.54. The van der Waals surface area contributed by atoms with E-state index < -0.39 is 11.3 Å². The fourth-order valence-electron chi connectivity index (χ4n) is 2.78. The number of hydrogen-bond donors (Lipinski definition) is 0. The fourth-order valence-corrected chi connectivity index (χ4v) is 3.54. The third-order valence-corrected chi connectivity index (χ3v) is 5.36. The SMILES string of the molecule is O=C(C1CSC1)N1CCCC2(C1)CC2(F)F. The Labute approximate surface area is 97.7 Å². The molecule has 2 nitrogen and oxygen atoms in total. The number of rotatable bonds is 1. The average Bonchev–Trinajstić information content (AvgIpc) is 2.64. The monoisotopic (exact) mass is 247 g/mol. The lowest BCUT2D eigenvalue weighted by Gasteiger charge is -2.37. The van der Waals surface area contributed by atoms with Crippen LogP contribution in [-0.2, 0) is 4.79 Å². The van der Waals surface area contributed by atoms with Gasteiger partial charge in [0.05, 0.1) is 11.3 Å². The van der Waals surface area contributed by atoms with Gasteiger partial charge in [-0.25, -0.2) is 8.78 Å². The summed E-state index contributed by atoms with van der Waals surface area (Å²) in [5, 5.41) is 0. The molecule has 1 aliphatic carbocycles. The number of carbonyl (C=O) groups is 1. The third-order valence-electron chi connectivity index (χ3n) is 4.09. The Morgan fingerprint density at radius 2 is 2.06 bits per heavy atom. The van der Waals surface area contributed by atoms with Gasteiger partial charge in [-0.15, -0.1) is 0 Å². The minimum absolute atomic E-state index is 0.0107. The molecule has 3 fully saturated rings. The molecule has 2 heterocycles. The highest BCUT2D eigenvalue weighted by Crippen LogP contribution is 2.64. The molecule has 0 radical (unpaired) electrons. The van der Waals surface area contributed by atoms with Crippen LogP contribution in [0, 0.1) is 11.3 Å². The van der Waals surface area contributed by atoms with Gasteiger partial charge in [0.25, 0.3) is 5.92 Å². The summed E-state index contributed by atoms with van der Waals surface area (Å²) in [7, 11) is 0. The van der Waals surface area contributed by atoms with Gasteiger partial charge < -0.3 is 4.90 Å². The molecule has 1 saturated carbocycles. The second-order valence-electron chi connectivity index (χ2n) is 5.26. The van der Waals surface area contributed by atoms with E-state index in [1.54, 1.807) is 16.7 Å². The number of thioether (sulfide) groups is 1. The molecule has 1 amide bonds. The van der Waals surface area contributed by atoms with E-state index in [4.69, 9.17) is 0 Å². The minimum Gasteiger partial charge on any atom is -0.342 e. The van der Waals surface area contributed by atoms with Crippen LogP contribution < -0.4 is 0 Å². The number of hydrogen-bond acceptors (Lipinski definition) is 2. The Balaban J connectivity index is 1.66. The predicted octanol–water partition coefficient (Wildman–Crippen LogP) is 2.00. The molecule has 0 aromatic carbocycles. The summed E-state index contributed by atoms with van der Waals surface area (Å²) in [6, 6.07) is 0. The van der Waals surface area contributed by atoms with Crippen molar-refractivity contribution in [3.63, 3.8) is 0 Å². The maximum absolute atomic E-state index is 13.3. The van der Waals surface area contributed by atoms with Crippen molar-refractivity contribution in [1.29, 1.82) is 0 Å². The van der Waals surface area contributed by atoms with Crippen molar-refractivity contribution in [3.05, 3.63) is 0 Å². The minimum atomic E-state index is -2.51. The van der Waals surface area contributed by atoms with Crippen molar-refractivity contribution in [2.75, 3.05) is 24.6 Å². The molecule has 1 atom stereocenters. The summed E-state index contributed by atoms with van der Waals surface area (Å²) < 4.78 is 26.5. The highest BCUT2D eigenvalue weighted by atomic mass is 32.2. The zero-order valence-corrected chi connectivity index (χ0v) is 9.86. The molecule has 0 aromatic rings. The predicted molar refractivity (Wildman–Crippen MR) is 58.6 cm³/mol. The van der Waals surface area contributed by atoms with Crippen molar-refractivity contribution < 1.29 is 13.6 Å². The second kappa shape index (κ2) is 3.34. The Morgan fingerprint density at radius 1 is 1.38 bits per heavy atom. The molecule has 0 N–H and O–H groups in total. The average molecular weight is 247 g/mol. The molecular weight excluding hydrogens is 232 g/mol. The highest BCUT2D eigenvalue weighted by Gasteiger charge is 2.71. The quantitative estimate of drug-likeness (QED) is 0.706.